The SMILES string of the molecule is COc1cccc(C(NCC(O)CC(C)(C)O)C(C)(C)C)c1. The van der Waals surface area contributed by atoms with E-state index in [2.05, 4.69) is 32.2 Å². The fraction of sp³-hybridized carbons (Fsp3) is 0.667. The molecular formula is C18H31NO3. The molecule has 2 atom stereocenters. The van der Waals surface area contributed by atoms with Crippen LogP contribution in [-0.2, 0) is 0 Å². The van der Waals surface area contributed by atoms with Crippen LogP contribution in [0.2, 0.25) is 0 Å². The van der Waals surface area contributed by atoms with E-state index in [0.29, 0.717) is 13.0 Å². The van der Waals surface area contributed by atoms with Gasteiger partial charge < -0.3 is 20.3 Å². The fourth-order valence-electron chi connectivity index (χ4n) is 2.65. The minimum atomic E-state index is -0.867. The molecule has 4 heteroatoms. The first kappa shape index (κ1) is 18.9. The first-order valence-electron chi connectivity index (χ1n) is 7.81. The molecule has 0 spiro atoms. The number of methoxy groups -OCH3 is 1. The van der Waals surface area contributed by atoms with E-state index in [-0.39, 0.29) is 11.5 Å². The number of ether oxygens (including phenoxy) is 1. The zero-order valence-electron chi connectivity index (χ0n) is 14.7. The highest BCUT2D eigenvalue weighted by Gasteiger charge is 2.27. The van der Waals surface area contributed by atoms with Crippen molar-refractivity contribution in [2.24, 2.45) is 5.41 Å². The number of nitrogens with one attached hydrogen (secondary N) is 1. The van der Waals surface area contributed by atoms with E-state index in [0.717, 1.165) is 11.3 Å². The summed E-state index contributed by atoms with van der Waals surface area (Å²) in [7, 11) is 1.66. The number of benzene rings is 1. The van der Waals surface area contributed by atoms with Gasteiger partial charge in [0.1, 0.15) is 5.75 Å². The highest BCUT2D eigenvalue weighted by atomic mass is 16.5. The fourth-order valence-corrected chi connectivity index (χ4v) is 2.65. The lowest BCUT2D eigenvalue weighted by Crippen LogP contribution is -2.39. The molecule has 0 saturated heterocycles. The van der Waals surface area contributed by atoms with Gasteiger partial charge in [0, 0.05) is 19.0 Å². The summed E-state index contributed by atoms with van der Waals surface area (Å²) < 4.78 is 5.30. The Labute approximate surface area is 134 Å². The molecule has 0 radical (unpaired) electrons. The van der Waals surface area contributed by atoms with Crippen molar-refractivity contribution in [3.8, 4) is 5.75 Å². The van der Waals surface area contributed by atoms with Gasteiger partial charge in [-0.2, -0.15) is 0 Å². The van der Waals surface area contributed by atoms with Crippen LogP contribution in [0.25, 0.3) is 0 Å². The molecule has 3 N–H and O–H groups in total. The largest absolute Gasteiger partial charge is 0.497 e. The van der Waals surface area contributed by atoms with Gasteiger partial charge in [-0.15, -0.1) is 0 Å². The number of aliphatic hydroxyl groups is 2. The molecule has 126 valence electrons. The summed E-state index contributed by atoms with van der Waals surface area (Å²) in [6, 6.07) is 8.06. The second kappa shape index (κ2) is 7.44. The molecule has 0 amide bonds. The predicted octanol–water partition coefficient (Wildman–Crippen LogP) is 2.89. The van der Waals surface area contributed by atoms with E-state index in [1.807, 2.05) is 18.2 Å². The molecule has 0 bridgehead atoms. The summed E-state index contributed by atoms with van der Waals surface area (Å²) in [5.74, 6) is 0.825. The zero-order chi connectivity index (χ0) is 17.0. The van der Waals surface area contributed by atoms with E-state index in [1.54, 1.807) is 21.0 Å². The average molecular weight is 309 g/mol. The highest BCUT2D eigenvalue weighted by molar-refractivity contribution is 5.31. The van der Waals surface area contributed by atoms with Crippen LogP contribution in [0.1, 0.15) is 52.6 Å². The molecule has 0 aliphatic rings. The van der Waals surface area contributed by atoms with Crippen LogP contribution in [0.5, 0.6) is 5.75 Å². The summed E-state index contributed by atoms with van der Waals surface area (Å²) in [6.07, 6.45) is -0.245. The van der Waals surface area contributed by atoms with E-state index < -0.39 is 11.7 Å². The van der Waals surface area contributed by atoms with Gasteiger partial charge in [-0.1, -0.05) is 32.9 Å². The molecule has 1 rings (SSSR count). The van der Waals surface area contributed by atoms with Gasteiger partial charge in [-0.05, 0) is 37.0 Å². The van der Waals surface area contributed by atoms with Crippen molar-refractivity contribution >= 4 is 0 Å². The summed E-state index contributed by atoms with van der Waals surface area (Å²) in [6.45, 7) is 10.3. The second-order valence-electron chi connectivity index (χ2n) is 7.65. The third-order valence-corrected chi connectivity index (χ3v) is 3.59. The highest BCUT2D eigenvalue weighted by Crippen LogP contribution is 2.34. The Bertz CT molecular complexity index is 460. The van der Waals surface area contributed by atoms with Crippen LogP contribution in [0.15, 0.2) is 24.3 Å². The van der Waals surface area contributed by atoms with Crippen LogP contribution in [0.3, 0.4) is 0 Å². The minimum absolute atomic E-state index is 0.0131. The van der Waals surface area contributed by atoms with Crippen molar-refractivity contribution < 1.29 is 14.9 Å². The smallest absolute Gasteiger partial charge is 0.119 e. The van der Waals surface area contributed by atoms with Crippen molar-refractivity contribution in [1.29, 1.82) is 0 Å². The Morgan fingerprint density at radius 3 is 2.32 bits per heavy atom. The molecule has 2 unspecified atom stereocenters. The first-order chi connectivity index (χ1) is 10.0. The van der Waals surface area contributed by atoms with Crippen LogP contribution < -0.4 is 10.1 Å². The van der Waals surface area contributed by atoms with Crippen molar-refractivity contribution in [1.82, 2.24) is 5.32 Å². The maximum absolute atomic E-state index is 10.1. The maximum atomic E-state index is 10.1. The summed E-state index contributed by atoms with van der Waals surface area (Å²) in [5, 5.41) is 23.3. The predicted molar refractivity (Wildman–Crippen MR) is 90.1 cm³/mol. The lowest BCUT2D eigenvalue weighted by Gasteiger charge is -2.33. The first-order valence-corrected chi connectivity index (χ1v) is 7.81. The van der Waals surface area contributed by atoms with Crippen molar-refractivity contribution in [3.05, 3.63) is 29.8 Å². The lowest BCUT2D eigenvalue weighted by atomic mass is 9.82. The van der Waals surface area contributed by atoms with Gasteiger partial charge in [-0.3, -0.25) is 0 Å². The number of hydrogen-bond acceptors (Lipinski definition) is 4. The molecule has 1 aromatic carbocycles. The third-order valence-electron chi connectivity index (χ3n) is 3.59. The summed E-state index contributed by atoms with van der Waals surface area (Å²) in [4.78, 5) is 0. The molecule has 0 aliphatic heterocycles. The summed E-state index contributed by atoms with van der Waals surface area (Å²) >= 11 is 0. The molecule has 4 nitrogen and oxygen atoms in total. The standard InChI is InChI=1S/C18H31NO3/c1-17(2,3)16(13-8-7-9-15(10-13)22-6)19-12-14(20)11-18(4,5)21/h7-10,14,16,19-21H,11-12H2,1-6H3. The van der Waals surface area contributed by atoms with Crippen molar-refractivity contribution in [2.45, 2.75) is 58.8 Å². The van der Waals surface area contributed by atoms with Gasteiger partial charge in [0.2, 0.25) is 0 Å². The van der Waals surface area contributed by atoms with Gasteiger partial charge in [0.25, 0.3) is 0 Å². The zero-order valence-corrected chi connectivity index (χ0v) is 14.7. The monoisotopic (exact) mass is 309 g/mol. The molecule has 0 saturated carbocycles. The molecular weight excluding hydrogens is 278 g/mol. The van der Waals surface area contributed by atoms with Crippen LogP contribution in [0.4, 0.5) is 0 Å². The minimum Gasteiger partial charge on any atom is -0.497 e. The molecule has 0 aromatic heterocycles. The van der Waals surface area contributed by atoms with Gasteiger partial charge >= 0.3 is 0 Å². The average Bonchev–Trinajstić information content (AvgIpc) is 2.35. The van der Waals surface area contributed by atoms with Crippen molar-refractivity contribution in [3.63, 3.8) is 0 Å². The Morgan fingerprint density at radius 2 is 1.82 bits per heavy atom. The topological polar surface area (TPSA) is 61.7 Å². The molecule has 0 fully saturated rings. The maximum Gasteiger partial charge on any atom is 0.119 e. The van der Waals surface area contributed by atoms with Crippen LogP contribution in [-0.4, -0.2) is 35.6 Å². The Morgan fingerprint density at radius 1 is 1.18 bits per heavy atom. The Kier molecular flexibility index (Phi) is 6.41. The van der Waals surface area contributed by atoms with E-state index in [1.165, 1.54) is 0 Å². The number of hydrogen-bond donors (Lipinski definition) is 3. The Hall–Kier alpha value is -1.10. The quantitative estimate of drug-likeness (QED) is 0.725. The van der Waals surface area contributed by atoms with Gasteiger partial charge in [0.15, 0.2) is 0 Å². The summed E-state index contributed by atoms with van der Waals surface area (Å²) in [5.41, 5.74) is 0.247. The third kappa shape index (κ3) is 6.34. The lowest BCUT2D eigenvalue weighted by molar-refractivity contribution is 0.0167. The van der Waals surface area contributed by atoms with E-state index in [4.69, 9.17) is 4.74 Å². The van der Waals surface area contributed by atoms with E-state index in [9.17, 15) is 10.2 Å². The van der Waals surface area contributed by atoms with Crippen LogP contribution in [0, 0.1) is 5.41 Å². The van der Waals surface area contributed by atoms with Crippen LogP contribution >= 0.6 is 0 Å². The normalized spacial score (nSPS) is 15.5. The molecule has 0 heterocycles. The molecule has 1 aromatic rings. The number of aliphatic hydroxyl groups excluding tert-OH is 1. The van der Waals surface area contributed by atoms with E-state index >= 15 is 0 Å². The Balaban J connectivity index is 2.82. The van der Waals surface area contributed by atoms with Gasteiger partial charge in [0.05, 0.1) is 18.8 Å². The number of rotatable bonds is 7. The van der Waals surface area contributed by atoms with Crippen molar-refractivity contribution in [2.75, 3.05) is 13.7 Å². The molecule has 22 heavy (non-hydrogen) atoms. The van der Waals surface area contributed by atoms with Gasteiger partial charge in [-0.25, -0.2) is 0 Å². The second-order valence-corrected chi connectivity index (χ2v) is 7.65. The molecule has 0 aliphatic carbocycles.